The Labute approximate surface area is 117 Å². The van der Waals surface area contributed by atoms with Crippen LogP contribution in [-0.2, 0) is 0 Å². The molecule has 0 radical (unpaired) electrons. The molecule has 2 rings (SSSR count). The molecule has 0 heterocycles. The van der Waals surface area contributed by atoms with E-state index >= 15 is 0 Å². The molecule has 1 fully saturated rings. The molecule has 1 saturated carbocycles. The molecule has 88 valence electrons. The van der Waals surface area contributed by atoms with Gasteiger partial charge in [0, 0.05) is 14.9 Å². The van der Waals surface area contributed by atoms with Gasteiger partial charge >= 0.3 is 0 Å². The van der Waals surface area contributed by atoms with Crippen LogP contribution < -0.4 is 0 Å². The van der Waals surface area contributed by atoms with Crippen LogP contribution >= 0.6 is 43.5 Å². The molecule has 0 spiro atoms. The summed E-state index contributed by atoms with van der Waals surface area (Å²) < 4.78 is 14.3. The second kappa shape index (κ2) is 5.36. The maximum absolute atomic E-state index is 13.7. The smallest absolute Gasteiger partial charge is 0.128 e. The molecule has 1 atom stereocenters. The van der Waals surface area contributed by atoms with Gasteiger partial charge in [0.05, 0.1) is 5.02 Å². The summed E-state index contributed by atoms with van der Waals surface area (Å²) in [6, 6.07) is 3.14. The molecule has 0 nitrogen and oxygen atoms in total. The average Bonchev–Trinajstić information content (AvgIpc) is 2.17. The molecule has 0 N–H and O–H groups in total. The van der Waals surface area contributed by atoms with Crippen molar-refractivity contribution < 1.29 is 4.39 Å². The van der Waals surface area contributed by atoms with Crippen LogP contribution in [-0.4, -0.2) is 0 Å². The number of hydrogen-bond donors (Lipinski definition) is 0. The summed E-state index contributed by atoms with van der Waals surface area (Å²) in [5, 5.41) is 0.564. The minimum Gasteiger partial charge on any atom is -0.207 e. The zero-order chi connectivity index (χ0) is 11.7. The Kier molecular flexibility index (Phi) is 4.31. The van der Waals surface area contributed by atoms with Crippen molar-refractivity contribution in [2.24, 2.45) is 5.92 Å². The summed E-state index contributed by atoms with van der Waals surface area (Å²) in [6.07, 6.45) is 4.85. The third-order valence-electron chi connectivity index (χ3n) is 3.14. The molecule has 0 saturated heterocycles. The third-order valence-corrected chi connectivity index (χ3v) is 5.21. The predicted octanol–water partition coefficient (Wildman–Crippen LogP) is 5.87. The molecule has 1 unspecified atom stereocenters. The molecule has 1 aliphatic rings. The first-order valence-electron chi connectivity index (χ1n) is 5.36. The lowest BCUT2D eigenvalue weighted by Crippen LogP contribution is -2.13. The highest BCUT2D eigenvalue weighted by atomic mass is 79.9. The maximum atomic E-state index is 13.7. The Balaban J connectivity index is 2.14. The molecule has 0 aromatic heterocycles. The Morgan fingerprint density at radius 2 is 2.12 bits per heavy atom. The van der Waals surface area contributed by atoms with Crippen LogP contribution in [0.15, 0.2) is 16.6 Å². The van der Waals surface area contributed by atoms with Crippen LogP contribution in [0.5, 0.6) is 0 Å². The van der Waals surface area contributed by atoms with Crippen LogP contribution in [0.3, 0.4) is 0 Å². The van der Waals surface area contributed by atoms with Gasteiger partial charge in [0.25, 0.3) is 0 Å². The van der Waals surface area contributed by atoms with E-state index in [1.165, 1.54) is 25.3 Å². The molecular formula is C12H12Br2ClF. The monoisotopic (exact) mass is 368 g/mol. The number of halogens is 4. The van der Waals surface area contributed by atoms with Crippen molar-refractivity contribution in [2.75, 3.05) is 0 Å². The molecule has 0 bridgehead atoms. The van der Waals surface area contributed by atoms with Crippen LogP contribution in [0.1, 0.15) is 36.1 Å². The average molecular weight is 370 g/mol. The van der Waals surface area contributed by atoms with Crippen molar-refractivity contribution in [3.8, 4) is 0 Å². The highest BCUT2D eigenvalue weighted by Gasteiger charge is 2.23. The van der Waals surface area contributed by atoms with Gasteiger partial charge in [0.2, 0.25) is 0 Å². The lowest BCUT2D eigenvalue weighted by atomic mass is 9.81. The highest BCUT2D eigenvalue weighted by Crippen LogP contribution is 2.40. The molecule has 1 aliphatic carbocycles. The Morgan fingerprint density at radius 1 is 1.44 bits per heavy atom. The molecule has 4 heteroatoms. The minimum atomic E-state index is -0.197. The lowest BCUT2D eigenvalue weighted by molar-refractivity contribution is 0.294. The van der Waals surface area contributed by atoms with E-state index in [4.69, 9.17) is 11.6 Å². The second-order valence-corrected chi connectivity index (χ2v) is 6.65. The van der Waals surface area contributed by atoms with Crippen LogP contribution in [0.25, 0.3) is 0 Å². The van der Waals surface area contributed by atoms with Crippen molar-refractivity contribution in [1.82, 2.24) is 0 Å². The Morgan fingerprint density at radius 3 is 2.69 bits per heavy atom. The normalized spacial score (nSPS) is 18.2. The van der Waals surface area contributed by atoms with Gasteiger partial charge < -0.3 is 0 Å². The van der Waals surface area contributed by atoms with E-state index in [-0.39, 0.29) is 10.6 Å². The molecule has 1 aromatic rings. The van der Waals surface area contributed by atoms with E-state index < -0.39 is 0 Å². The first-order chi connectivity index (χ1) is 7.58. The number of benzene rings is 1. The quantitative estimate of drug-likeness (QED) is 0.461. The Bertz CT molecular complexity index is 391. The fraction of sp³-hybridized carbons (Fsp3) is 0.500. The second-order valence-electron chi connectivity index (χ2n) is 4.29. The fourth-order valence-electron chi connectivity index (χ4n) is 1.93. The number of hydrogen-bond acceptors (Lipinski definition) is 0. The zero-order valence-corrected chi connectivity index (χ0v) is 12.6. The summed E-state index contributed by atoms with van der Waals surface area (Å²) in [4.78, 5) is 0.0726. The van der Waals surface area contributed by atoms with Gasteiger partial charge in [-0.15, -0.1) is 0 Å². The van der Waals surface area contributed by atoms with Crippen molar-refractivity contribution in [3.63, 3.8) is 0 Å². The van der Waals surface area contributed by atoms with Crippen molar-refractivity contribution in [1.29, 1.82) is 0 Å². The first kappa shape index (κ1) is 12.8. The van der Waals surface area contributed by atoms with Crippen molar-refractivity contribution in [3.05, 3.63) is 33.0 Å². The van der Waals surface area contributed by atoms with Gasteiger partial charge in [-0.2, -0.15) is 0 Å². The minimum absolute atomic E-state index is 0.0726. The van der Waals surface area contributed by atoms with E-state index in [2.05, 4.69) is 31.9 Å². The summed E-state index contributed by atoms with van der Waals surface area (Å²) >= 11 is 12.8. The zero-order valence-electron chi connectivity index (χ0n) is 8.65. The summed E-state index contributed by atoms with van der Waals surface area (Å²) in [5.74, 6) is 0.545. The van der Waals surface area contributed by atoms with E-state index in [1.807, 2.05) is 0 Å². The highest BCUT2D eigenvalue weighted by molar-refractivity contribution is 9.10. The summed E-state index contributed by atoms with van der Waals surface area (Å²) in [6.45, 7) is 0. The van der Waals surface area contributed by atoms with Crippen molar-refractivity contribution >= 4 is 43.5 Å². The lowest BCUT2D eigenvalue weighted by Gasteiger charge is -2.27. The van der Waals surface area contributed by atoms with Gasteiger partial charge in [0.1, 0.15) is 5.82 Å². The largest absolute Gasteiger partial charge is 0.207 e. The molecule has 0 amide bonds. The summed E-state index contributed by atoms with van der Waals surface area (Å²) in [7, 11) is 0. The van der Waals surface area contributed by atoms with E-state index in [0.29, 0.717) is 15.1 Å². The van der Waals surface area contributed by atoms with E-state index in [0.717, 1.165) is 12.3 Å². The van der Waals surface area contributed by atoms with Gasteiger partial charge in [0.15, 0.2) is 0 Å². The predicted molar refractivity (Wildman–Crippen MR) is 72.7 cm³/mol. The first-order valence-corrected chi connectivity index (χ1v) is 7.45. The SMILES string of the molecule is Fc1cc(Br)c(Cl)cc1C(Br)CC1CCC1. The Hall–Kier alpha value is 0.400. The molecule has 0 aliphatic heterocycles. The van der Waals surface area contributed by atoms with E-state index in [1.54, 1.807) is 6.07 Å². The maximum Gasteiger partial charge on any atom is 0.128 e. The van der Waals surface area contributed by atoms with Crippen molar-refractivity contribution in [2.45, 2.75) is 30.5 Å². The third kappa shape index (κ3) is 2.80. The topological polar surface area (TPSA) is 0 Å². The number of alkyl halides is 1. The van der Waals surface area contributed by atoms with E-state index in [9.17, 15) is 4.39 Å². The molecule has 1 aromatic carbocycles. The summed E-state index contributed by atoms with van der Waals surface area (Å²) in [5.41, 5.74) is 0.667. The van der Waals surface area contributed by atoms with Crippen LogP contribution in [0, 0.1) is 11.7 Å². The fourth-order valence-corrected chi connectivity index (χ4v) is 3.29. The molecule has 16 heavy (non-hydrogen) atoms. The van der Waals surface area contributed by atoms with Gasteiger partial charge in [-0.1, -0.05) is 46.8 Å². The van der Waals surface area contributed by atoms with Crippen LogP contribution in [0.4, 0.5) is 4.39 Å². The van der Waals surface area contributed by atoms with Crippen LogP contribution in [0.2, 0.25) is 5.02 Å². The van der Waals surface area contributed by atoms with Gasteiger partial charge in [-0.25, -0.2) is 4.39 Å². The van der Waals surface area contributed by atoms with Gasteiger partial charge in [-0.3, -0.25) is 0 Å². The standard InChI is InChI=1S/C12H12Br2ClF/c13-9(4-7-2-1-3-7)8-5-11(15)10(14)6-12(8)16/h5-7,9H,1-4H2. The molecular weight excluding hydrogens is 358 g/mol. The number of rotatable bonds is 3. The van der Waals surface area contributed by atoms with Gasteiger partial charge in [-0.05, 0) is 40.4 Å².